The zero-order chi connectivity index (χ0) is 12.4. The number of nitrogens with one attached hydrogen (secondary N) is 1. The summed E-state index contributed by atoms with van der Waals surface area (Å²) >= 11 is 1.37. The first-order valence-electron chi connectivity index (χ1n) is 5.08. The van der Waals surface area contributed by atoms with Crippen molar-refractivity contribution in [3.8, 4) is 0 Å². The summed E-state index contributed by atoms with van der Waals surface area (Å²) < 4.78 is 1.45. The fourth-order valence-electron chi connectivity index (χ4n) is 1.25. The molecule has 0 aliphatic rings. The van der Waals surface area contributed by atoms with Gasteiger partial charge in [0.1, 0.15) is 0 Å². The van der Waals surface area contributed by atoms with Gasteiger partial charge in [0.25, 0.3) is 0 Å². The van der Waals surface area contributed by atoms with Crippen LogP contribution in [0.15, 0.2) is 33.2 Å². The number of hydrogen-bond donors (Lipinski definition) is 2. The molecule has 90 valence electrons. The molecule has 2 aromatic heterocycles. The Balaban J connectivity index is 2.19. The number of rotatable bonds is 3. The Hall–Kier alpha value is -1.60. The van der Waals surface area contributed by atoms with Gasteiger partial charge in [-0.1, -0.05) is 0 Å². The van der Waals surface area contributed by atoms with Crippen LogP contribution in [0.2, 0.25) is 0 Å². The molecule has 3 N–H and O–H groups in total. The van der Waals surface area contributed by atoms with Gasteiger partial charge in [0.05, 0.1) is 5.69 Å². The quantitative estimate of drug-likeness (QED) is 0.837. The van der Waals surface area contributed by atoms with E-state index in [1.165, 1.54) is 16.3 Å². The van der Waals surface area contributed by atoms with Crippen molar-refractivity contribution in [2.75, 3.05) is 0 Å². The van der Waals surface area contributed by atoms with Crippen molar-refractivity contribution in [1.82, 2.24) is 19.7 Å². The average Bonchev–Trinajstić information content (AvgIpc) is 2.62. The summed E-state index contributed by atoms with van der Waals surface area (Å²) in [5.41, 5.74) is 6.32. The Kier molecular flexibility index (Phi) is 3.30. The third-order valence-electron chi connectivity index (χ3n) is 2.27. The highest BCUT2D eigenvalue weighted by atomic mass is 32.2. The molecule has 1 atom stereocenters. The van der Waals surface area contributed by atoms with Crippen LogP contribution in [0.1, 0.15) is 18.7 Å². The van der Waals surface area contributed by atoms with E-state index in [1.807, 2.05) is 19.1 Å². The third kappa shape index (κ3) is 2.56. The predicted octanol–water partition coefficient (Wildman–Crippen LogP) is 0.674. The maximum atomic E-state index is 11.2. The molecule has 2 heterocycles. The van der Waals surface area contributed by atoms with Crippen LogP contribution < -0.4 is 11.4 Å². The molecule has 0 fully saturated rings. The maximum absolute atomic E-state index is 11.2. The zero-order valence-corrected chi connectivity index (χ0v) is 10.4. The van der Waals surface area contributed by atoms with Crippen molar-refractivity contribution in [2.45, 2.75) is 23.0 Å². The number of nitrogens with zero attached hydrogens (tertiary/aromatic N) is 3. The van der Waals surface area contributed by atoms with E-state index < -0.39 is 0 Å². The molecule has 2 rings (SSSR count). The van der Waals surface area contributed by atoms with Gasteiger partial charge in [0, 0.05) is 24.2 Å². The second kappa shape index (κ2) is 4.72. The second-order valence-electron chi connectivity index (χ2n) is 3.68. The average molecular weight is 251 g/mol. The van der Waals surface area contributed by atoms with Gasteiger partial charge in [-0.2, -0.15) is 0 Å². The third-order valence-corrected chi connectivity index (χ3v) is 3.30. The lowest BCUT2D eigenvalue weighted by atomic mass is 10.2. The first-order valence-corrected chi connectivity index (χ1v) is 5.90. The van der Waals surface area contributed by atoms with Crippen LogP contribution in [0, 0.1) is 0 Å². The Morgan fingerprint density at radius 2 is 2.29 bits per heavy atom. The van der Waals surface area contributed by atoms with Gasteiger partial charge < -0.3 is 5.73 Å². The van der Waals surface area contributed by atoms with E-state index in [1.54, 1.807) is 13.2 Å². The molecule has 0 radical (unpaired) electrons. The Labute approximate surface area is 102 Å². The number of hydrogen-bond acceptors (Lipinski definition) is 5. The van der Waals surface area contributed by atoms with E-state index in [0.717, 1.165) is 10.6 Å². The fraction of sp³-hybridized carbons (Fsp3) is 0.300. The van der Waals surface area contributed by atoms with Crippen molar-refractivity contribution in [1.29, 1.82) is 0 Å². The summed E-state index contributed by atoms with van der Waals surface area (Å²) in [6.45, 7) is 1.88. The monoisotopic (exact) mass is 251 g/mol. The Bertz CT molecular complexity index is 557. The SMILES string of the molecule is C[C@@H](N)c1ccc(Sc2n[nH]c(=O)n2C)cn1. The fourth-order valence-corrected chi connectivity index (χ4v) is 2.01. The van der Waals surface area contributed by atoms with E-state index >= 15 is 0 Å². The Morgan fingerprint density at radius 3 is 2.76 bits per heavy atom. The molecule has 0 aliphatic carbocycles. The van der Waals surface area contributed by atoms with Crippen LogP contribution in [-0.4, -0.2) is 19.7 Å². The van der Waals surface area contributed by atoms with Crippen LogP contribution in [0.3, 0.4) is 0 Å². The van der Waals surface area contributed by atoms with Crippen LogP contribution in [-0.2, 0) is 7.05 Å². The van der Waals surface area contributed by atoms with Crippen LogP contribution in [0.25, 0.3) is 0 Å². The number of aromatic amines is 1. The highest BCUT2D eigenvalue weighted by molar-refractivity contribution is 7.99. The molecule has 0 spiro atoms. The molecule has 2 aromatic rings. The molecule has 7 heteroatoms. The van der Waals surface area contributed by atoms with Crippen molar-refractivity contribution in [2.24, 2.45) is 12.8 Å². The summed E-state index contributed by atoms with van der Waals surface area (Å²) in [7, 11) is 1.66. The highest BCUT2D eigenvalue weighted by Crippen LogP contribution is 2.24. The standard InChI is InChI=1S/C10H13N5OS/c1-6(11)8-4-3-7(5-12-8)17-10-14-13-9(16)15(10)2/h3-6H,11H2,1-2H3,(H,13,16)/t6-/m1/s1. The lowest BCUT2D eigenvalue weighted by Crippen LogP contribution is -2.12. The minimum atomic E-state index is -0.229. The van der Waals surface area contributed by atoms with E-state index in [2.05, 4.69) is 15.2 Å². The molecule has 0 saturated carbocycles. The van der Waals surface area contributed by atoms with Crippen molar-refractivity contribution in [3.05, 3.63) is 34.5 Å². The largest absolute Gasteiger partial charge is 0.343 e. The summed E-state index contributed by atoms with van der Waals surface area (Å²) in [5, 5.41) is 6.89. The highest BCUT2D eigenvalue weighted by Gasteiger charge is 2.07. The minimum absolute atomic E-state index is 0.0798. The van der Waals surface area contributed by atoms with Gasteiger partial charge >= 0.3 is 5.69 Å². The van der Waals surface area contributed by atoms with Gasteiger partial charge in [-0.25, -0.2) is 9.89 Å². The van der Waals surface area contributed by atoms with E-state index in [9.17, 15) is 4.79 Å². The molecule has 17 heavy (non-hydrogen) atoms. The summed E-state index contributed by atoms with van der Waals surface area (Å²) in [6, 6.07) is 3.71. The minimum Gasteiger partial charge on any atom is -0.323 e. The maximum Gasteiger partial charge on any atom is 0.343 e. The molecule has 0 saturated heterocycles. The van der Waals surface area contributed by atoms with Crippen LogP contribution >= 0.6 is 11.8 Å². The molecule has 0 bridgehead atoms. The number of aromatic nitrogens is 4. The van der Waals surface area contributed by atoms with E-state index in [0.29, 0.717) is 5.16 Å². The first-order chi connectivity index (χ1) is 8.08. The Morgan fingerprint density at radius 1 is 1.53 bits per heavy atom. The van der Waals surface area contributed by atoms with Crippen molar-refractivity contribution < 1.29 is 0 Å². The first kappa shape index (κ1) is 11.9. The molecule has 0 aromatic carbocycles. The van der Waals surface area contributed by atoms with Crippen LogP contribution in [0.4, 0.5) is 0 Å². The van der Waals surface area contributed by atoms with E-state index in [-0.39, 0.29) is 11.7 Å². The topological polar surface area (TPSA) is 89.6 Å². The van der Waals surface area contributed by atoms with Crippen LogP contribution in [0.5, 0.6) is 0 Å². The predicted molar refractivity (Wildman–Crippen MR) is 64.8 cm³/mol. The molecular weight excluding hydrogens is 238 g/mol. The van der Waals surface area contributed by atoms with Crippen molar-refractivity contribution >= 4 is 11.8 Å². The van der Waals surface area contributed by atoms with Gasteiger partial charge in [0.2, 0.25) is 0 Å². The lowest BCUT2D eigenvalue weighted by Gasteiger charge is -2.05. The molecular formula is C10H13N5OS. The lowest BCUT2D eigenvalue weighted by molar-refractivity contribution is 0.764. The van der Waals surface area contributed by atoms with Crippen molar-refractivity contribution in [3.63, 3.8) is 0 Å². The summed E-state index contributed by atoms with van der Waals surface area (Å²) in [4.78, 5) is 16.3. The smallest absolute Gasteiger partial charge is 0.323 e. The van der Waals surface area contributed by atoms with Gasteiger partial charge in [-0.3, -0.25) is 9.55 Å². The molecule has 0 unspecified atom stereocenters. The van der Waals surface area contributed by atoms with Gasteiger partial charge in [0.15, 0.2) is 5.16 Å². The molecule has 6 nitrogen and oxygen atoms in total. The number of H-pyrrole nitrogens is 1. The van der Waals surface area contributed by atoms with Gasteiger partial charge in [-0.15, -0.1) is 5.10 Å². The summed E-state index contributed by atoms with van der Waals surface area (Å²) in [6.07, 6.45) is 1.72. The number of pyridine rings is 1. The number of nitrogens with two attached hydrogens (primary N) is 1. The van der Waals surface area contributed by atoms with E-state index in [4.69, 9.17) is 5.73 Å². The second-order valence-corrected chi connectivity index (χ2v) is 4.72. The summed E-state index contributed by atoms with van der Waals surface area (Å²) in [5.74, 6) is 0. The molecule has 0 aliphatic heterocycles. The van der Waals surface area contributed by atoms with Gasteiger partial charge in [-0.05, 0) is 30.8 Å². The zero-order valence-electron chi connectivity index (χ0n) is 9.54. The molecule has 0 amide bonds. The normalized spacial score (nSPS) is 12.6.